The summed E-state index contributed by atoms with van der Waals surface area (Å²) in [4.78, 5) is 16.4. The van der Waals surface area contributed by atoms with Crippen molar-refractivity contribution in [1.29, 1.82) is 0 Å². The molecule has 1 aromatic rings. The first kappa shape index (κ1) is 13.6. The summed E-state index contributed by atoms with van der Waals surface area (Å²) in [5.74, 6) is 1.02. The summed E-state index contributed by atoms with van der Waals surface area (Å²) in [6.45, 7) is 5.44. The molecule has 0 bridgehead atoms. The number of rotatable bonds is 4. The van der Waals surface area contributed by atoms with E-state index in [4.69, 9.17) is 0 Å². The topological polar surface area (TPSA) is 35.6 Å². The Labute approximate surface area is 120 Å². The summed E-state index contributed by atoms with van der Waals surface area (Å²) in [5, 5.41) is 3.39. The molecule has 0 unspecified atom stereocenters. The number of benzene rings is 1. The summed E-state index contributed by atoms with van der Waals surface area (Å²) in [6, 6.07) is 10.2. The highest BCUT2D eigenvalue weighted by atomic mass is 16.2. The van der Waals surface area contributed by atoms with Gasteiger partial charge in [0.2, 0.25) is 5.91 Å². The van der Waals surface area contributed by atoms with Gasteiger partial charge in [-0.15, -0.1) is 0 Å². The predicted molar refractivity (Wildman–Crippen MR) is 79.0 cm³/mol. The van der Waals surface area contributed by atoms with E-state index in [1.54, 1.807) is 0 Å². The number of piperidine rings is 1. The van der Waals surface area contributed by atoms with E-state index in [-0.39, 0.29) is 5.91 Å². The Morgan fingerprint density at radius 2 is 1.90 bits per heavy atom. The first-order valence-electron chi connectivity index (χ1n) is 7.56. The zero-order valence-corrected chi connectivity index (χ0v) is 11.9. The maximum Gasteiger partial charge on any atom is 0.238 e. The standard InChI is InChI=1S/C16H23N3O/c20-16-12-18(10-15-6-8-17-9-7-15)13-19(16)11-14-4-2-1-3-5-14/h1-5,15,17H,6-13H2. The quantitative estimate of drug-likeness (QED) is 0.898. The van der Waals surface area contributed by atoms with Crippen LogP contribution in [0.15, 0.2) is 30.3 Å². The van der Waals surface area contributed by atoms with Gasteiger partial charge in [-0.3, -0.25) is 9.69 Å². The molecule has 4 heteroatoms. The fourth-order valence-electron chi connectivity index (χ4n) is 3.16. The number of hydrogen-bond acceptors (Lipinski definition) is 3. The highest BCUT2D eigenvalue weighted by molar-refractivity contribution is 5.80. The Balaban J connectivity index is 1.52. The average molecular weight is 273 g/mol. The molecular weight excluding hydrogens is 250 g/mol. The van der Waals surface area contributed by atoms with Gasteiger partial charge in [-0.25, -0.2) is 0 Å². The Bertz CT molecular complexity index is 442. The van der Waals surface area contributed by atoms with Gasteiger partial charge in [-0.05, 0) is 37.4 Å². The third kappa shape index (κ3) is 3.38. The van der Waals surface area contributed by atoms with Crippen LogP contribution in [-0.4, -0.2) is 48.6 Å². The van der Waals surface area contributed by atoms with Crippen LogP contribution in [0, 0.1) is 5.92 Å². The lowest BCUT2D eigenvalue weighted by molar-refractivity contribution is -0.127. The summed E-state index contributed by atoms with van der Waals surface area (Å²) in [5.41, 5.74) is 1.21. The molecule has 108 valence electrons. The van der Waals surface area contributed by atoms with Crippen LogP contribution >= 0.6 is 0 Å². The maximum absolute atomic E-state index is 12.1. The molecule has 0 atom stereocenters. The van der Waals surface area contributed by atoms with Gasteiger partial charge in [-0.2, -0.15) is 0 Å². The molecule has 1 amide bonds. The molecule has 0 aromatic heterocycles. The second-order valence-electron chi connectivity index (χ2n) is 5.92. The minimum atomic E-state index is 0.266. The Morgan fingerprint density at radius 1 is 1.15 bits per heavy atom. The monoisotopic (exact) mass is 273 g/mol. The van der Waals surface area contributed by atoms with Gasteiger partial charge in [0.15, 0.2) is 0 Å². The molecule has 1 aromatic carbocycles. The van der Waals surface area contributed by atoms with Gasteiger partial charge >= 0.3 is 0 Å². The minimum Gasteiger partial charge on any atom is -0.324 e. The third-order valence-electron chi connectivity index (χ3n) is 4.27. The summed E-state index contributed by atoms with van der Waals surface area (Å²) < 4.78 is 0. The van der Waals surface area contributed by atoms with Crippen molar-refractivity contribution in [3.8, 4) is 0 Å². The number of hydrogen-bond donors (Lipinski definition) is 1. The van der Waals surface area contributed by atoms with E-state index in [1.165, 1.54) is 18.4 Å². The van der Waals surface area contributed by atoms with E-state index >= 15 is 0 Å². The lowest BCUT2D eigenvalue weighted by Gasteiger charge is -2.27. The third-order valence-corrected chi connectivity index (χ3v) is 4.27. The number of nitrogens with one attached hydrogen (secondary N) is 1. The smallest absolute Gasteiger partial charge is 0.238 e. The first-order chi connectivity index (χ1) is 9.81. The molecular formula is C16H23N3O. The predicted octanol–water partition coefficient (Wildman–Crippen LogP) is 1.29. The van der Waals surface area contributed by atoms with E-state index < -0.39 is 0 Å². The van der Waals surface area contributed by atoms with Crippen LogP contribution in [0.25, 0.3) is 0 Å². The van der Waals surface area contributed by atoms with Crippen LogP contribution in [-0.2, 0) is 11.3 Å². The van der Waals surface area contributed by atoms with Gasteiger partial charge in [0.1, 0.15) is 0 Å². The second kappa shape index (κ2) is 6.37. The van der Waals surface area contributed by atoms with Gasteiger partial charge in [0, 0.05) is 13.1 Å². The lowest BCUT2D eigenvalue weighted by atomic mass is 9.98. The molecule has 3 rings (SSSR count). The normalized spacial score (nSPS) is 21.6. The summed E-state index contributed by atoms with van der Waals surface area (Å²) in [6.07, 6.45) is 2.48. The van der Waals surface area contributed by atoms with Crippen LogP contribution in [0.4, 0.5) is 0 Å². The molecule has 0 radical (unpaired) electrons. The highest BCUT2D eigenvalue weighted by Crippen LogP contribution is 2.17. The second-order valence-corrected chi connectivity index (χ2v) is 5.92. The molecule has 0 saturated carbocycles. The van der Waals surface area contributed by atoms with E-state index in [9.17, 15) is 4.79 Å². The number of carbonyl (C=O) groups excluding carboxylic acids is 1. The van der Waals surface area contributed by atoms with Crippen molar-refractivity contribution in [2.45, 2.75) is 19.4 Å². The lowest BCUT2D eigenvalue weighted by Crippen LogP contribution is -2.36. The molecule has 20 heavy (non-hydrogen) atoms. The molecule has 2 aliphatic heterocycles. The van der Waals surface area contributed by atoms with Crippen molar-refractivity contribution in [3.05, 3.63) is 35.9 Å². The van der Waals surface area contributed by atoms with Crippen molar-refractivity contribution >= 4 is 5.91 Å². The van der Waals surface area contributed by atoms with Crippen molar-refractivity contribution in [3.63, 3.8) is 0 Å². The van der Waals surface area contributed by atoms with E-state index in [1.807, 2.05) is 23.1 Å². The van der Waals surface area contributed by atoms with E-state index in [0.717, 1.165) is 38.8 Å². The molecule has 0 aliphatic carbocycles. The molecule has 2 aliphatic rings. The molecule has 0 spiro atoms. The summed E-state index contributed by atoms with van der Waals surface area (Å²) >= 11 is 0. The van der Waals surface area contributed by atoms with Crippen LogP contribution in [0.3, 0.4) is 0 Å². The van der Waals surface area contributed by atoms with Crippen molar-refractivity contribution in [1.82, 2.24) is 15.1 Å². The van der Waals surface area contributed by atoms with Crippen molar-refractivity contribution < 1.29 is 4.79 Å². The van der Waals surface area contributed by atoms with Crippen molar-refractivity contribution in [2.24, 2.45) is 5.92 Å². The largest absolute Gasteiger partial charge is 0.324 e. The van der Waals surface area contributed by atoms with E-state index in [2.05, 4.69) is 22.3 Å². The zero-order valence-electron chi connectivity index (χ0n) is 11.9. The van der Waals surface area contributed by atoms with Gasteiger partial charge < -0.3 is 10.2 Å². The van der Waals surface area contributed by atoms with Crippen molar-refractivity contribution in [2.75, 3.05) is 32.8 Å². The molecule has 2 fully saturated rings. The zero-order chi connectivity index (χ0) is 13.8. The minimum absolute atomic E-state index is 0.266. The maximum atomic E-state index is 12.1. The Hall–Kier alpha value is -1.39. The fourth-order valence-corrected chi connectivity index (χ4v) is 3.16. The highest BCUT2D eigenvalue weighted by Gasteiger charge is 2.29. The SMILES string of the molecule is O=C1CN(CC2CCNCC2)CN1Cc1ccccc1. The van der Waals surface area contributed by atoms with Gasteiger partial charge in [0.25, 0.3) is 0 Å². The van der Waals surface area contributed by atoms with Crippen LogP contribution in [0.1, 0.15) is 18.4 Å². The first-order valence-corrected chi connectivity index (χ1v) is 7.56. The van der Waals surface area contributed by atoms with Crippen LogP contribution in [0.5, 0.6) is 0 Å². The molecule has 1 N–H and O–H groups in total. The van der Waals surface area contributed by atoms with Crippen LogP contribution in [0.2, 0.25) is 0 Å². The molecule has 2 saturated heterocycles. The number of nitrogens with zero attached hydrogens (tertiary/aromatic N) is 2. The van der Waals surface area contributed by atoms with Gasteiger partial charge in [-0.1, -0.05) is 30.3 Å². The molecule has 2 heterocycles. The van der Waals surface area contributed by atoms with Crippen LogP contribution < -0.4 is 5.32 Å². The van der Waals surface area contributed by atoms with E-state index in [0.29, 0.717) is 6.54 Å². The fraction of sp³-hybridized carbons (Fsp3) is 0.562. The summed E-state index contributed by atoms with van der Waals surface area (Å²) in [7, 11) is 0. The Morgan fingerprint density at radius 3 is 2.65 bits per heavy atom. The van der Waals surface area contributed by atoms with Gasteiger partial charge in [0.05, 0.1) is 13.2 Å². The Kier molecular flexibility index (Phi) is 4.33. The average Bonchev–Trinajstić information content (AvgIpc) is 2.81. The molecule has 4 nitrogen and oxygen atoms in total. The number of carbonyl (C=O) groups is 1. The number of amides is 1.